The number of halogens is 2. The van der Waals surface area contributed by atoms with Crippen LogP contribution in [0.1, 0.15) is 48.6 Å². The summed E-state index contributed by atoms with van der Waals surface area (Å²) in [4.78, 5) is 0. The SMILES string of the molecule is Clc1ccc(C(CSCC(c2ccc(Cl)cc2)C2CC2)C2CC2)cc1. The highest BCUT2D eigenvalue weighted by molar-refractivity contribution is 7.99. The molecule has 0 radical (unpaired) electrons. The van der Waals surface area contributed by atoms with Gasteiger partial charge in [-0.25, -0.2) is 0 Å². The lowest BCUT2D eigenvalue weighted by molar-refractivity contribution is 0.660. The molecule has 2 aliphatic carbocycles. The van der Waals surface area contributed by atoms with Gasteiger partial charge < -0.3 is 0 Å². The van der Waals surface area contributed by atoms with Gasteiger partial charge in [-0.15, -0.1) is 0 Å². The third-order valence-electron chi connectivity index (χ3n) is 5.57. The average Bonchev–Trinajstić information content (AvgIpc) is 3.51. The average molecular weight is 391 g/mol. The standard InChI is InChI=1S/C22H24Cl2S/c23-19-9-5-17(6-10-19)21(15-1-2-15)13-25-14-22(16-3-4-16)18-7-11-20(24)12-8-18/h5-12,15-16,21-22H,1-4,13-14H2. The van der Waals surface area contributed by atoms with Crippen LogP contribution < -0.4 is 0 Å². The van der Waals surface area contributed by atoms with E-state index in [9.17, 15) is 0 Å². The Bertz CT molecular complexity index is 625. The summed E-state index contributed by atoms with van der Waals surface area (Å²) < 4.78 is 0. The van der Waals surface area contributed by atoms with Crippen LogP contribution in [0, 0.1) is 11.8 Å². The summed E-state index contributed by atoms with van der Waals surface area (Å²) in [6.07, 6.45) is 5.54. The van der Waals surface area contributed by atoms with Crippen molar-refractivity contribution in [2.45, 2.75) is 37.5 Å². The number of benzene rings is 2. The van der Waals surface area contributed by atoms with Crippen molar-refractivity contribution >= 4 is 35.0 Å². The molecule has 2 unspecified atom stereocenters. The molecule has 2 aromatic carbocycles. The highest BCUT2D eigenvalue weighted by Crippen LogP contribution is 2.47. The fourth-order valence-electron chi connectivity index (χ4n) is 3.75. The van der Waals surface area contributed by atoms with Gasteiger partial charge in [-0.05, 0) is 84.7 Å². The van der Waals surface area contributed by atoms with Crippen LogP contribution >= 0.6 is 35.0 Å². The predicted octanol–water partition coefficient (Wildman–Crippen LogP) is 7.41. The summed E-state index contributed by atoms with van der Waals surface area (Å²) in [7, 11) is 0. The fraction of sp³-hybridized carbons (Fsp3) is 0.455. The van der Waals surface area contributed by atoms with Crippen molar-refractivity contribution in [3.63, 3.8) is 0 Å². The summed E-state index contributed by atoms with van der Waals surface area (Å²) >= 11 is 14.3. The summed E-state index contributed by atoms with van der Waals surface area (Å²) in [5, 5.41) is 1.67. The zero-order chi connectivity index (χ0) is 17.2. The van der Waals surface area contributed by atoms with E-state index >= 15 is 0 Å². The van der Waals surface area contributed by atoms with Gasteiger partial charge in [0.2, 0.25) is 0 Å². The Morgan fingerprint density at radius 3 is 1.36 bits per heavy atom. The van der Waals surface area contributed by atoms with E-state index in [2.05, 4.69) is 36.0 Å². The lowest BCUT2D eigenvalue weighted by Gasteiger charge is -2.20. The Kier molecular flexibility index (Phi) is 5.65. The second-order valence-electron chi connectivity index (χ2n) is 7.53. The van der Waals surface area contributed by atoms with E-state index < -0.39 is 0 Å². The Morgan fingerprint density at radius 1 is 0.680 bits per heavy atom. The minimum atomic E-state index is 0.687. The van der Waals surface area contributed by atoms with Crippen molar-refractivity contribution in [2.75, 3.05) is 11.5 Å². The van der Waals surface area contributed by atoms with Crippen LogP contribution in [-0.2, 0) is 0 Å². The highest BCUT2D eigenvalue weighted by atomic mass is 35.5. The summed E-state index contributed by atoms with van der Waals surface area (Å²) in [6.45, 7) is 0. The maximum Gasteiger partial charge on any atom is 0.0406 e. The van der Waals surface area contributed by atoms with Gasteiger partial charge in [-0.2, -0.15) is 11.8 Å². The first-order valence-corrected chi connectivity index (χ1v) is 11.2. The smallest absolute Gasteiger partial charge is 0.0406 e. The Labute approximate surface area is 165 Å². The minimum absolute atomic E-state index is 0.687. The quantitative estimate of drug-likeness (QED) is 0.451. The van der Waals surface area contributed by atoms with Crippen molar-refractivity contribution in [3.8, 4) is 0 Å². The van der Waals surface area contributed by atoms with E-state index in [1.54, 1.807) is 0 Å². The van der Waals surface area contributed by atoms with Crippen molar-refractivity contribution in [2.24, 2.45) is 11.8 Å². The molecule has 2 aliphatic rings. The molecule has 2 fully saturated rings. The van der Waals surface area contributed by atoms with Gasteiger partial charge in [0.15, 0.2) is 0 Å². The third-order valence-corrected chi connectivity index (χ3v) is 7.27. The maximum atomic E-state index is 6.06. The molecular weight excluding hydrogens is 367 g/mol. The molecule has 2 saturated carbocycles. The van der Waals surface area contributed by atoms with Gasteiger partial charge in [0.25, 0.3) is 0 Å². The fourth-order valence-corrected chi connectivity index (χ4v) is 5.57. The minimum Gasteiger partial charge on any atom is -0.161 e. The Balaban J connectivity index is 1.38. The summed E-state index contributed by atoms with van der Waals surface area (Å²) in [5.41, 5.74) is 2.93. The van der Waals surface area contributed by atoms with E-state index in [-0.39, 0.29) is 0 Å². The van der Waals surface area contributed by atoms with Crippen LogP contribution in [0.3, 0.4) is 0 Å². The van der Waals surface area contributed by atoms with Gasteiger partial charge in [0.1, 0.15) is 0 Å². The zero-order valence-electron chi connectivity index (χ0n) is 14.3. The van der Waals surface area contributed by atoms with Crippen LogP contribution in [-0.4, -0.2) is 11.5 Å². The molecule has 2 aromatic rings. The van der Waals surface area contributed by atoms with Crippen LogP contribution in [0.2, 0.25) is 10.0 Å². The van der Waals surface area contributed by atoms with Gasteiger partial charge in [0.05, 0.1) is 0 Å². The topological polar surface area (TPSA) is 0 Å². The molecule has 4 rings (SSSR count). The van der Waals surface area contributed by atoms with E-state index in [1.165, 1.54) is 48.3 Å². The number of rotatable bonds is 8. The molecule has 3 heteroatoms. The van der Waals surface area contributed by atoms with Gasteiger partial charge >= 0.3 is 0 Å². The van der Waals surface area contributed by atoms with Crippen molar-refractivity contribution in [3.05, 3.63) is 69.7 Å². The second-order valence-corrected chi connectivity index (χ2v) is 9.48. The Morgan fingerprint density at radius 2 is 1.04 bits per heavy atom. The molecular formula is C22H24Cl2S. The molecule has 2 atom stereocenters. The first-order chi connectivity index (χ1) is 12.2. The number of hydrogen-bond donors (Lipinski definition) is 0. The Hall–Kier alpha value is -0.630. The van der Waals surface area contributed by atoms with Crippen molar-refractivity contribution in [1.29, 1.82) is 0 Å². The van der Waals surface area contributed by atoms with E-state index in [1.807, 2.05) is 24.3 Å². The molecule has 0 aliphatic heterocycles. The summed E-state index contributed by atoms with van der Waals surface area (Å²) in [5.74, 6) is 5.58. The first kappa shape index (κ1) is 17.8. The van der Waals surface area contributed by atoms with Gasteiger partial charge in [-0.1, -0.05) is 47.5 Å². The number of hydrogen-bond acceptors (Lipinski definition) is 1. The van der Waals surface area contributed by atoms with Gasteiger partial charge in [-0.3, -0.25) is 0 Å². The largest absolute Gasteiger partial charge is 0.161 e. The monoisotopic (exact) mass is 390 g/mol. The highest BCUT2D eigenvalue weighted by Gasteiger charge is 2.34. The molecule has 0 spiro atoms. The van der Waals surface area contributed by atoms with Gasteiger partial charge in [0, 0.05) is 21.6 Å². The third kappa shape index (κ3) is 4.76. The van der Waals surface area contributed by atoms with Crippen molar-refractivity contribution < 1.29 is 0 Å². The predicted molar refractivity (Wildman–Crippen MR) is 111 cm³/mol. The molecule has 0 bridgehead atoms. The van der Waals surface area contributed by atoms with Crippen LogP contribution in [0.15, 0.2) is 48.5 Å². The molecule has 0 amide bonds. The molecule has 25 heavy (non-hydrogen) atoms. The van der Waals surface area contributed by atoms with E-state index in [0.717, 1.165) is 21.9 Å². The first-order valence-electron chi connectivity index (χ1n) is 9.29. The second kappa shape index (κ2) is 7.94. The van der Waals surface area contributed by atoms with E-state index in [0.29, 0.717) is 11.8 Å². The molecule has 132 valence electrons. The van der Waals surface area contributed by atoms with Crippen LogP contribution in [0.4, 0.5) is 0 Å². The lowest BCUT2D eigenvalue weighted by Crippen LogP contribution is -2.09. The van der Waals surface area contributed by atoms with Crippen LogP contribution in [0.5, 0.6) is 0 Å². The normalized spacial score (nSPS) is 19.6. The maximum absolute atomic E-state index is 6.06. The molecule has 0 nitrogen and oxygen atoms in total. The zero-order valence-corrected chi connectivity index (χ0v) is 16.7. The van der Waals surface area contributed by atoms with Crippen molar-refractivity contribution in [1.82, 2.24) is 0 Å². The molecule has 0 saturated heterocycles. The number of thioether (sulfide) groups is 1. The van der Waals surface area contributed by atoms with E-state index in [4.69, 9.17) is 23.2 Å². The molecule has 0 N–H and O–H groups in total. The summed E-state index contributed by atoms with van der Waals surface area (Å²) in [6, 6.07) is 17.1. The van der Waals surface area contributed by atoms with Crippen LogP contribution in [0.25, 0.3) is 0 Å². The molecule has 0 heterocycles. The molecule has 0 aromatic heterocycles. The lowest BCUT2D eigenvalue weighted by atomic mass is 9.96.